The Morgan fingerprint density at radius 3 is 2.89 bits per heavy atom. The highest BCUT2D eigenvalue weighted by Crippen LogP contribution is 2.20. The minimum absolute atomic E-state index is 0.236. The molecular formula is C12H12ClF2N3. The summed E-state index contributed by atoms with van der Waals surface area (Å²) >= 11 is 5.84. The van der Waals surface area contributed by atoms with Crippen LogP contribution < -0.4 is 5.32 Å². The average molecular weight is 272 g/mol. The second-order valence-corrected chi connectivity index (χ2v) is 4.28. The number of rotatable bonds is 4. The van der Waals surface area contributed by atoms with E-state index in [1.54, 1.807) is 6.07 Å². The molecule has 0 bridgehead atoms. The molecule has 0 aliphatic carbocycles. The van der Waals surface area contributed by atoms with Crippen LogP contribution in [-0.2, 0) is 6.54 Å². The zero-order valence-corrected chi connectivity index (χ0v) is 10.5. The van der Waals surface area contributed by atoms with Crippen LogP contribution in [-0.4, -0.2) is 9.55 Å². The van der Waals surface area contributed by atoms with E-state index in [4.69, 9.17) is 11.6 Å². The summed E-state index contributed by atoms with van der Waals surface area (Å²) in [6, 6.07) is 5.37. The third-order valence-electron chi connectivity index (χ3n) is 2.58. The number of hydrogen-bond acceptors (Lipinski definition) is 2. The molecule has 6 heteroatoms. The van der Waals surface area contributed by atoms with Crippen LogP contribution in [0.4, 0.5) is 14.5 Å². The van der Waals surface area contributed by atoms with E-state index in [-0.39, 0.29) is 6.54 Å². The summed E-state index contributed by atoms with van der Waals surface area (Å²) in [6.07, 6.45) is 2.62. The lowest BCUT2D eigenvalue weighted by molar-refractivity contribution is 0.0673. The second kappa shape index (κ2) is 5.35. The standard InChI is InChI=1S/C12H12ClF2N3/c1-8-6-9(13)2-3-10(8)17-7-11-16-4-5-18(11)12(14)15/h2-6,12,17H,7H2,1H3. The van der Waals surface area contributed by atoms with E-state index in [0.717, 1.165) is 15.8 Å². The van der Waals surface area contributed by atoms with E-state index in [2.05, 4.69) is 10.3 Å². The predicted octanol–water partition coefficient (Wildman–Crippen LogP) is 3.85. The Morgan fingerprint density at radius 2 is 2.22 bits per heavy atom. The second-order valence-electron chi connectivity index (χ2n) is 3.84. The molecule has 0 fully saturated rings. The van der Waals surface area contributed by atoms with Crippen LogP contribution in [0, 0.1) is 6.92 Å². The Kier molecular flexibility index (Phi) is 3.81. The summed E-state index contributed by atoms with van der Waals surface area (Å²) < 4.78 is 26.0. The first-order valence-corrected chi connectivity index (χ1v) is 5.75. The number of imidazole rings is 1. The molecule has 96 valence electrons. The maximum Gasteiger partial charge on any atom is 0.319 e. The van der Waals surface area contributed by atoms with Gasteiger partial charge in [-0.25, -0.2) is 4.98 Å². The third-order valence-corrected chi connectivity index (χ3v) is 2.82. The van der Waals surface area contributed by atoms with Crippen molar-refractivity contribution in [2.75, 3.05) is 5.32 Å². The van der Waals surface area contributed by atoms with Crippen molar-refractivity contribution in [3.8, 4) is 0 Å². The molecule has 0 radical (unpaired) electrons. The molecule has 0 unspecified atom stereocenters. The number of nitrogens with zero attached hydrogens (tertiary/aromatic N) is 2. The first-order valence-electron chi connectivity index (χ1n) is 5.38. The topological polar surface area (TPSA) is 29.9 Å². The Labute approximate surface area is 108 Å². The minimum atomic E-state index is -2.57. The number of alkyl halides is 2. The summed E-state index contributed by atoms with van der Waals surface area (Å²) in [5.74, 6) is 0.291. The number of hydrogen-bond donors (Lipinski definition) is 1. The third kappa shape index (κ3) is 2.79. The Balaban J connectivity index is 2.09. The van der Waals surface area contributed by atoms with Gasteiger partial charge in [0.2, 0.25) is 0 Å². The maximum absolute atomic E-state index is 12.6. The molecular weight excluding hydrogens is 260 g/mol. The SMILES string of the molecule is Cc1cc(Cl)ccc1NCc1nccn1C(F)F. The summed E-state index contributed by atoms with van der Waals surface area (Å²) in [7, 11) is 0. The van der Waals surface area contributed by atoms with Crippen molar-refractivity contribution in [1.29, 1.82) is 0 Å². The molecule has 0 atom stereocenters. The van der Waals surface area contributed by atoms with Gasteiger partial charge in [-0.05, 0) is 30.7 Å². The predicted molar refractivity (Wildman–Crippen MR) is 67.0 cm³/mol. The molecule has 1 N–H and O–H groups in total. The van der Waals surface area contributed by atoms with Gasteiger partial charge in [-0.1, -0.05) is 11.6 Å². The number of aromatic nitrogens is 2. The monoisotopic (exact) mass is 271 g/mol. The van der Waals surface area contributed by atoms with Gasteiger partial charge in [-0.3, -0.25) is 4.57 Å². The fourth-order valence-corrected chi connectivity index (χ4v) is 1.88. The lowest BCUT2D eigenvalue weighted by Gasteiger charge is -2.11. The zero-order valence-electron chi connectivity index (χ0n) is 9.70. The normalized spacial score (nSPS) is 10.9. The molecule has 18 heavy (non-hydrogen) atoms. The molecule has 1 aromatic heterocycles. The van der Waals surface area contributed by atoms with E-state index < -0.39 is 6.55 Å². The van der Waals surface area contributed by atoms with Crippen molar-refractivity contribution < 1.29 is 8.78 Å². The average Bonchev–Trinajstić information content (AvgIpc) is 2.76. The van der Waals surface area contributed by atoms with Crippen molar-refractivity contribution in [3.05, 3.63) is 47.0 Å². The van der Waals surface area contributed by atoms with Gasteiger partial charge in [0.25, 0.3) is 0 Å². The lowest BCUT2D eigenvalue weighted by atomic mass is 10.2. The summed E-state index contributed by atoms with van der Waals surface area (Å²) in [6.45, 7) is -0.441. The van der Waals surface area contributed by atoms with Gasteiger partial charge in [-0.15, -0.1) is 0 Å². The number of anilines is 1. The van der Waals surface area contributed by atoms with E-state index in [0.29, 0.717) is 10.8 Å². The largest absolute Gasteiger partial charge is 0.378 e. The van der Waals surface area contributed by atoms with Crippen LogP contribution in [0.3, 0.4) is 0 Å². The van der Waals surface area contributed by atoms with Crippen molar-refractivity contribution >= 4 is 17.3 Å². The number of halogens is 3. The molecule has 1 heterocycles. The number of aryl methyl sites for hydroxylation is 1. The van der Waals surface area contributed by atoms with Gasteiger partial charge in [0.1, 0.15) is 5.82 Å². The van der Waals surface area contributed by atoms with Crippen LogP contribution in [0.2, 0.25) is 5.02 Å². The van der Waals surface area contributed by atoms with Gasteiger partial charge < -0.3 is 5.32 Å². The number of benzene rings is 1. The fourth-order valence-electron chi connectivity index (χ4n) is 1.66. The minimum Gasteiger partial charge on any atom is -0.378 e. The first-order chi connectivity index (χ1) is 8.58. The summed E-state index contributed by atoms with van der Waals surface area (Å²) in [5, 5.41) is 3.71. The quantitative estimate of drug-likeness (QED) is 0.915. The van der Waals surface area contributed by atoms with Gasteiger partial charge in [-0.2, -0.15) is 8.78 Å². The highest BCUT2D eigenvalue weighted by molar-refractivity contribution is 6.30. The molecule has 0 saturated heterocycles. The molecule has 0 aliphatic heterocycles. The Hall–Kier alpha value is -1.62. The zero-order chi connectivity index (χ0) is 13.1. The van der Waals surface area contributed by atoms with Crippen LogP contribution >= 0.6 is 11.6 Å². The van der Waals surface area contributed by atoms with Crippen molar-refractivity contribution in [2.24, 2.45) is 0 Å². The van der Waals surface area contributed by atoms with Gasteiger partial charge >= 0.3 is 6.55 Å². The Morgan fingerprint density at radius 1 is 1.44 bits per heavy atom. The van der Waals surface area contributed by atoms with Crippen LogP contribution in [0.5, 0.6) is 0 Å². The first kappa shape index (κ1) is 12.8. The lowest BCUT2D eigenvalue weighted by Crippen LogP contribution is -2.09. The van der Waals surface area contributed by atoms with Crippen LogP contribution in [0.15, 0.2) is 30.6 Å². The van der Waals surface area contributed by atoms with Crippen molar-refractivity contribution in [3.63, 3.8) is 0 Å². The molecule has 0 spiro atoms. The summed E-state index contributed by atoms with van der Waals surface area (Å²) in [4.78, 5) is 3.89. The highest BCUT2D eigenvalue weighted by Gasteiger charge is 2.11. The van der Waals surface area contributed by atoms with E-state index in [9.17, 15) is 8.78 Å². The molecule has 3 nitrogen and oxygen atoms in total. The van der Waals surface area contributed by atoms with E-state index in [1.807, 2.05) is 19.1 Å². The van der Waals surface area contributed by atoms with Crippen LogP contribution in [0.1, 0.15) is 17.9 Å². The van der Waals surface area contributed by atoms with E-state index >= 15 is 0 Å². The molecule has 0 saturated carbocycles. The maximum atomic E-state index is 12.6. The molecule has 2 rings (SSSR count). The smallest absolute Gasteiger partial charge is 0.319 e. The summed E-state index contributed by atoms with van der Waals surface area (Å²) in [5.41, 5.74) is 1.81. The Bertz CT molecular complexity index is 540. The molecule has 0 amide bonds. The van der Waals surface area contributed by atoms with Crippen LogP contribution in [0.25, 0.3) is 0 Å². The molecule has 0 aliphatic rings. The highest BCUT2D eigenvalue weighted by atomic mass is 35.5. The van der Waals surface area contributed by atoms with E-state index in [1.165, 1.54) is 12.4 Å². The molecule has 1 aromatic carbocycles. The number of nitrogens with one attached hydrogen (secondary N) is 1. The van der Waals surface area contributed by atoms with Gasteiger partial charge in [0.05, 0.1) is 6.54 Å². The van der Waals surface area contributed by atoms with Gasteiger partial charge in [0.15, 0.2) is 0 Å². The molecule has 2 aromatic rings. The van der Waals surface area contributed by atoms with Crippen molar-refractivity contribution in [1.82, 2.24) is 9.55 Å². The van der Waals surface area contributed by atoms with Crippen molar-refractivity contribution in [2.45, 2.75) is 20.0 Å². The van der Waals surface area contributed by atoms with Gasteiger partial charge in [0, 0.05) is 23.1 Å². The fraction of sp³-hybridized carbons (Fsp3) is 0.250.